The van der Waals surface area contributed by atoms with Crippen LogP contribution in [0.25, 0.3) is 5.52 Å². The fourth-order valence-corrected chi connectivity index (χ4v) is 2.96. The minimum atomic E-state index is -0.335. The van der Waals surface area contributed by atoms with Gasteiger partial charge in [0.2, 0.25) is 5.82 Å². The van der Waals surface area contributed by atoms with Gasteiger partial charge in [-0.05, 0) is 44.0 Å². The van der Waals surface area contributed by atoms with Gasteiger partial charge in [0.05, 0.1) is 5.52 Å². The van der Waals surface area contributed by atoms with E-state index in [-0.39, 0.29) is 23.3 Å². The molecule has 6 heteroatoms. The van der Waals surface area contributed by atoms with Gasteiger partial charge in [-0.3, -0.25) is 14.0 Å². The summed E-state index contributed by atoms with van der Waals surface area (Å²) in [6, 6.07) is 11.2. The Labute approximate surface area is 158 Å². The summed E-state index contributed by atoms with van der Waals surface area (Å²) >= 11 is 0. The lowest BCUT2D eigenvalue weighted by molar-refractivity contribution is 0.0942. The number of hydrogen-bond donors (Lipinski definition) is 2. The molecule has 0 aliphatic rings. The Morgan fingerprint density at radius 3 is 2.67 bits per heavy atom. The number of hydrogen-bond acceptors (Lipinski definition) is 3. The summed E-state index contributed by atoms with van der Waals surface area (Å²) in [4.78, 5) is 29.7. The van der Waals surface area contributed by atoms with Gasteiger partial charge in [-0.2, -0.15) is 0 Å². The highest BCUT2D eigenvalue weighted by Gasteiger charge is 2.21. The quantitative estimate of drug-likeness (QED) is 0.654. The van der Waals surface area contributed by atoms with Crippen LogP contribution in [0.4, 0.5) is 5.69 Å². The fraction of sp³-hybridized carbons (Fsp3) is 0.286. The van der Waals surface area contributed by atoms with Crippen LogP contribution in [-0.4, -0.2) is 27.7 Å². The number of carbonyl (C=O) groups is 2. The van der Waals surface area contributed by atoms with Crippen LogP contribution < -0.4 is 10.6 Å². The molecule has 0 aliphatic heterocycles. The molecular formula is C21H24N4O2. The Bertz CT molecular complexity index is 991. The van der Waals surface area contributed by atoms with Crippen LogP contribution >= 0.6 is 0 Å². The number of aryl methyl sites for hydroxylation is 2. The van der Waals surface area contributed by atoms with E-state index in [9.17, 15) is 9.59 Å². The molecule has 0 bridgehead atoms. The first-order valence-corrected chi connectivity index (χ1v) is 9.15. The first-order chi connectivity index (χ1) is 13.0. The molecule has 0 aliphatic carbocycles. The molecule has 0 unspecified atom stereocenters. The molecule has 0 spiro atoms. The summed E-state index contributed by atoms with van der Waals surface area (Å²) in [6.45, 7) is 6.60. The number of benzene rings is 1. The minimum Gasteiger partial charge on any atom is -0.349 e. The van der Waals surface area contributed by atoms with E-state index in [0.29, 0.717) is 12.1 Å². The van der Waals surface area contributed by atoms with E-state index >= 15 is 0 Å². The fourth-order valence-electron chi connectivity index (χ4n) is 2.96. The van der Waals surface area contributed by atoms with Crippen LogP contribution in [0.15, 0.2) is 42.6 Å². The van der Waals surface area contributed by atoms with Gasteiger partial charge in [0.1, 0.15) is 0 Å². The SMILES string of the molecule is CCCCNC(=O)c1nc(C(=O)Nc2ccc(C)cc2C)c2ccccn12. The molecular weight excluding hydrogens is 340 g/mol. The third-order valence-electron chi connectivity index (χ3n) is 4.41. The van der Waals surface area contributed by atoms with Crippen molar-refractivity contribution >= 4 is 23.0 Å². The van der Waals surface area contributed by atoms with Crippen LogP contribution in [0, 0.1) is 13.8 Å². The molecule has 3 rings (SSSR count). The lowest BCUT2D eigenvalue weighted by Crippen LogP contribution is -2.26. The van der Waals surface area contributed by atoms with Crippen molar-refractivity contribution in [1.29, 1.82) is 0 Å². The van der Waals surface area contributed by atoms with Gasteiger partial charge in [0.25, 0.3) is 11.8 Å². The highest BCUT2D eigenvalue weighted by molar-refractivity contribution is 6.09. The molecule has 2 N–H and O–H groups in total. The lowest BCUT2D eigenvalue weighted by Gasteiger charge is -2.08. The summed E-state index contributed by atoms with van der Waals surface area (Å²) < 4.78 is 1.65. The Hall–Kier alpha value is -3.15. The Morgan fingerprint density at radius 1 is 1.11 bits per heavy atom. The molecule has 140 valence electrons. The van der Waals surface area contributed by atoms with E-state index in [1.807, 2.05) is 44.2 Å². The summed E-state index contributed by atoms with van der Waals surface area (Å²) in [6.07, 6.45) is 3.63. The van der Waals surface area contributed by atoms with Crippen molar-refractivity contribution < 1.29 is 9.59 Å². The van der Waals surface area contributed by atoms with E-state index in [1.165, 1.54) is 0 Å². The van der Waals surface area contributed by atoms with Gasteiger partial charge >= 0.3 is 0 Å². The Kier molecular flexibility index (Phi) is 5.54. The smallest absolute Gasteiger partial charge is 0.287 e. The maximum Gasteiger partial charge on any atom is 0.287 e. The molecule has 3 aromatic rings. The topological polar surface area (TPSA) is 75.5 Å². The number of amides is 2. The second-order valence-electron chi connectivity index (χ2n) is 6.62. The number of nitrogens with zero attached hydrogens (tertiary/aromatic N) is 2. The molecule has 1 aromatic carbocycles. The number of rotatable bonds is 6. The molecule has 27 heavy (non-hydrogen) atoms. The number of anilines is 1. The van der Waals surface area contributed by atoms with Crippen molar-refractivity contribution in [2.45, 2.75) is 33.6 Å². The lowest BCUT2D eigenvalue weighted by atomic mass is 10.1. The van der Waals surface area contributed by atoms with E-state index in [1.54, 1.807) is 16.7 Å². The van der Waals surface area contributed by atoms with Gasteiger partial charge < -0.3 is 10.6 Å². The molecule has 2 amide bonds. The maximum atomic E-state index is 12.8. The zero-order valence-electron chi connectivity index (χ0n) is 15.9. The van der Waals surface area contributed by atoms with E-state index in [2.05, 4.69) is 22.5 Å². The summed E-state index contributed by atoms with van der Waals surface area (Å²) in [5.41, 5.74) is 3.67. The monoisotopic (exact) mass is 364 g/mol. The number of unbranched alkanes of at least 4 members (excludes halogenated alkanes) is 1. The van der Waals surface area contributed by atoms with E-state index in [4.69, 9.17) is 0 Å². The third-order valence-corrected chi connectivity index (χ3v) is 4.41. The van der Waals surface area contributed by atoms with Crippen LogP contribution in [0.5, 0.6) is 0 Å². The van der Waals surface area contributed by atoms with Crippen molar-refractivity contribution in [3.63, 3.8) is 0 Å². The van der Waals surface area contributed by atoms with Crippen molar-refractivity contribution in [2.24, 2.45) is 0 Å². The van der Waals surface area contributed by atoms with Crippen molar-refractivity contribution in [3.05, 3.63) is 65.2 Å². The Morgan fingerprint density at radius 2 is 1.93 bits per heavy atom. The number of aromatic nitrogens is 2. The highest BCUT2D eigenvalue weighted by atomic mass is 16.2. The van der Waals surface area contributed by atoms with Crippen LogP contribution in [-0.2, 0) is 0 Å². The van der Waals surface area contributed by atoms with Gasteiger partial charge in [-0.15, -0.1) is 0 Å². The second kappa shape index (κ2) is 8.03. The number of fused-ring (bicyclic) bond motifs is 1. The van der Waals surface area contributed by atoms with E-state index < -0.39 is 0 Å². The Balaban J connectivity index is 1.92. The van der Waals surface area contributed by atoms with Gasteiger partial charge in [-0.25, -0.2) is 4.98 Å². The van der Waals surface area contributed by atoms with Crippen molar-refractivity contribution in [3.8, 4) is 0 Å². The average molecular weight is 364 g/mol. The third kappa shape index (κ3) is 4.00. The molecule has 0 fully saturated rings. The molecule has 2 aromatic heterocycles. The molecule has 0 radical (unpaired) electrons. The van der Waals surface area contributed by atoms with Crippen LogP contribution in [0.2, 0.25) is 0 Å². The summed E-state index contributed by atoms with van der Waals surface area (Å²) in [7, 11) is 0. The van der Waals surface area contributed by atoms with Crippen LogP contribution in [0.3, 0.4) is 0 Å². The highest BCUT2D eigenvalue weighted by Crippen LogP contribution is 2.19. The predicted molar refractivity (Wildman–Crippen MR) is 106 cm³/mol. The minimum absolute atomic E-state index is 0.215. The van der Waals surface area contributed by atoms with Crippen LogP contribution in [0.1, 0.15) is 52.0 Å². The number of imidazole rings is 1. The molecule has 6 nitrogen and oxygen atoms in total. The second-order valence-corrected chi connectivity index (χ2v) is 6.62. The first kappa shape index (κ1) is 18.6. The maximum absolute atomic E-state index is 12.8. The zero-order chi connectivity index (χ0) is 19.4. The summed E-state index contributed by atoms with van der Waals surface area (Å²) in [5, 5.41) is 5.76. The largest absolute Gasteiger partial charge is 0.349 e. The molecule has 0 saturated carbocycles. The molecule has 2 heterocycles. The van der Waals surface area contributed by atoms with Gasteiger partial charge in [0, 0.05) is 18.4 Å². The van der Waals surface area contributed by atoms with Crippen molar-refractivity contribution in [1.82, 2.24) is 14.7 Å². The zero-order valence-corrected chi connectivity index (χ0v) is 15.9. The predicted octanol–water partition coefficient (Wildman–Crippen LogP) is 3.73. The number of carbonyl (C=O) groups excluding carboxylic acids is 2. The number of pyridine rings is 1. The molecule has 0 saturated heterocycles. The summed E-state index contributed by atoms with van der Waals surface area (Å²) in [5.74, 6) is -0.402. The average Bonchev–Trinajstić information content (AvgIpc) is 3.04. The molecule has 0 atom stereocenters. The van der Waals surface area contributed by atoms with Gasteiger partial charge in [0.15, 0.2) is 5.69 Å². The van der Waals surface area contributed by atoms with Crippen molar-refractivity contribution in [2.75, 3.05) is 11.9 Å². The normalized spacial score (nSPS) is 10.8. The first-order valence-electron chi connectivity index (χ1n) is 9.15. The van der Waals surface area contributed by atoms with Gasteiger partial charge in [-0.1, -0.05) is 37.1 Å². The van der Waals surface area contributed by atoms with E-state index in [0.717, 1.165) is 29.7 Å². The standard InChI is InChI=1S/C21H24N4O2/c1-4-5-11-22-21(27)19-24-18(17-8-6-7-12-25(17)19)20(26)23-16-10-9-14(2)13-15(16)3/h6-10,12-13H,4-5,11H2,1-3H3,(H,22,27)(H,23,26). The number of nitrogens with one attached hydrogen (secondary N) is 2.